The molecule has 3 heteroatoms. The van der Waals surface area contributed by atoms with Gasteiger partial charge >= 0.3 is 0 Å². The van der Waals surface area contributed by atoms with Crippen LogP contribution in [0, 0.1) is 5.92 Å². The molecule has 12 heavy (non-hydrogen) atoms. The van der Waals surface area contributed by atoms with Gasteiger partial charge in [0.1, 0.15) is 0 Å². The molecule has 0 aromatic carbocycles. The first kappa shape index (κ1) is 9.07. The maximum atomic E-state index is 11.8. The summed E-state index contributed by atoms with van der Waals surface area (Å²) in [4.78, 5) is 0. The predicted molar refractivity (Wildman–Crippen MR) is 56.1 cm³/mol. The highest BCUT2D eigenvalue weighted by Gasteiger charge is 2.37. The molecule has 2 saturated heterocycles. The van der Waals surface area contributed by atoms with Crippen molar-refractivity contribution in [1.82, 2.24) is 0 Å². The molecule has 0 spiro atoms. The van der Waals surface area contributed by atoms with Gasteiger partial charge in [-0.15, -0.1) is 0 Å². The zero-order valence-electron chi connectivity index (χ0n) is 7.24. The molecule has 0 aromatic heterocycles. The first-order valence-corrected chi connectivity index (χ1v) is 6.72. The summed E-state index contributed by atoms with van der Waals surface area (Å²) in [5, 5.41) is 1.05. The van der Waals surface area contributed by atoms with Gasteiger partial charge in [0.2, 0.25) is 0 Å². The Morgan fingerprint density at radius 2 is 1.83 bits per heavy atom. The molecule has 2 atom stereocenters. The molecule has 0 saturated carbocycles. The number of fused-ring (bicyclic) bond motifs is 2. The van der Waals surface area contributed by atoms with Gasteiger partial charge in [0.25, 0.3) is 0 Å². The van der Waals surface area contributed by atoms with E-state index in [-0.39, 0.29) is 0 Å². The van der Waals surface area contributed by atoms with Crippen molar-refractivity contribution < 1.29 is 4.21 Å². The third-order valence-corrected chi connectivity index (χ3v) is 5.85. The van der Waals surface area contributed by atoms with Crippen LogP contribution in [0.25, 0.3) is 0 Å². The highest BCUT2D eigenvalue weighted by atomic mass is 32.2. The Bertz CT molecular complexity index is 177. The quantitative estimate of drug-likeness (QED) is 0.647. The smallest absolute Gasteiger partial charge is 0.0353 e. The van der Waals surface area contributed by atoms with E-state index in [2.05, 4.69) is 12.6 Å². The Balaban J connectivity index is 2.07. The van der Waals surface area contributed by atoms with Crippen LogP contribution >= 0.6 is 12.6 Å². The minimum atomic E-state index is -0.492. The average molecular weight is 204 g/mol. The fourth-order valence-electron chi connectivity index (χ4n) is 2.49. The van der Waals surface area contributed by atoms with Gasteiger partial charge in [-0.3, -0.25) is 4.21 Å². The third kappa shape index (κ3) is 1.58. The first-order chi connectivity index (χ1) is 5.81. The van der Waals surface area contributed by atoms with Gasteiger partial charge in [-0.2, -0.15) is 12.6 Å². The largest absolute Gasteiger partial charge is 0.259 e. The van der Waals surface area contributed by atoms with Crippen LogP contribution in [0.3, 0.4) is 0 Å². The fraction of sp³-hybridized carbons (Fsp3) is 1.00. The van der Waals surface area contributed by atoms with Crippen molar-refractivity contribution in [2.45, 2.75) is 42.6 Å². The number of rotatable bonds is 1. The molecule has 2 aliphatic rings. The summed E-state index contributed by atoms with van der Waals surface area (Å²) >= 11 is 4.34. The Morgan fingerprint density at radius 1 is 1.25 bits per heavy atom. The molecule has 70 valence electrons. The van der Waals surface area contributed by atoms with Crippen molar-refractivity contribution >= 4 is 23.4 Å². The van der Waals surface area contributed by atoms with Crippen LogP contribution in [-0.4, -0.2) is 20.5 Å². The predicted octanol–water partition coefficient (Wildman–Crippen LogP) is 2.00. The number of thiol groups is 1. The van der Waals surface area contributed by atoms with Crippen LogP contribution in [0.4, 0.5) is 0 Å². The summed E-state index contributed by atoms with van der Waals surface area (Å²) in [5.74, 6) is 1.74. The van der Waals surface area contributed by atoms with E-state index in [1.54, 1.807) is 0 Å². The summed E-state index contributed by atoms with van der Waals surface area (Å²) in [6, 6.07) is 0. The summed E-state index contributed by atoms with van der Waals surface area (Å²) in [5.41, 5.74) is 0. The molecule has 0 aliphatic carbocycles. The Kier molecular flexibility index (Phi) is 2.80. The van der Waals surface area contributed by atoms with Crippen LogP contribution in [-0.2, 0) is 10.8 Å². The lowest BCUT2D eigenvalue weighted by Crippen LogP contribution is -2.39. The van der Waals surface area contributed by atoms with Gasteiger partial charge in [0.15, 0.2) is 0 Å². The molecule has 1 nitrogen and oxygen atoms in total. The minimum Gasteiger partial charge on any atom is -0.259 e. The van der Waals surface area contributed by atoms with E-state index in [1.165, 1.54) is 32.1 Å². The second kappa shape index (κ2) is 3.70. The average Bonchev–Trinajstić information content (AvgIpc) is 2.04. The van der Waals surface area contributed by atoms with Crippen molar-refractivity contribution in [3.8, 4) is 0 Å². The van der Waals surface area contributed by atoms with Crippen LogP contribution in [0.2, 0.25) is 0 Å². The molecule has 0 aromatic rings. The van der Waals surface area contributed by atoms with Crippen LogP contribution in [0.5, 0.6) is 0 Å². The molecule has 2 bridgehead atoms. The zero-order valence-corrected chi connectivity index (χ0v) is 8.95. The van der Waals surface area contributed by atoms with E-state index in [0.29, 0.717) is 10.5 Å². The second-order valence-electron chi connectivity index (χ2n) is 4.02. The molecule has 2 heterocycles. The lowest BCUT2D eigenvalue weighted by molar-refractivity contribution is 0.384. The van der Waals surface area contributed by atoms with Crippen LogP contribution in [0.1, 0.15) is 32.1 Å². The lowest BCUT2D eigenvalue weighted by atomic mass is 9.91. The fourth-order valence-corrected chi connectivity index (χ4v) is 5.06. The molecule has 0 amide bonds. The standard InChI is InChI=1S/C9H16OS2/c10-12-8-2-1-3-9(12)5-7(4-8)6-11/h7-9,11H,1-6H2. The zero-order chi connectivity index (χ0) is 8.55. The van der Waals surface area contributed by atoms with Crippen molar-refractivity contribution in [2.75, 3.05) is 5.75 Å². The normalized spacial score (nSPS) is 47.4. The Hall–Kier alpha value is 0.500. The molecule has 2 aliphatic heterocycles. The third-order valence-electron chi connectivity index (χ3n) is 3.16. The molecule has 2 rings (SSSR count). The maximum Gasteiger partial charge on any atom is 0.0353 e. The van der Waals surface area contributed by atoms with Gasteiger partial charge in [0.05, 0.1) is 0 Å². The van der Waals surface area contributed by atoms with Gasteiger partial charge < -0.3 is 0 Å². The van der Waals surface area contributed by atoms with Crippen molar-refractivity contribution in [2.24, 2.45) is 5.92 Å². The van der Waals surface area contributed by atoms with E-state index in [4.69, 9.17) is 0 Å². The SMILES string of the molecule is O=S1C2CCCC1CC(CS)C2. The Morgan fingerprint density at radius 3 is 2.33 bits per heavy atom. The molecular weight excluding hydrogens is 188 g/mol. The Labute approximate surface area is 82.2 Å². The second-order valence-corrected chi connectivity index (χ2v) is 6.38. The van der Waals surface area contributed by atoms with E-state index in [1.807, 2.05) is 0 Å². The summed E-state index contributed by atoms with van der Waals surface area (Å²) in [7, 11) is -0.492. The van der Waals surface area contributed by atoms with Crippen molar-refractivity contribution in [3.63, 3.8) is 0 Å². The van der Waals surface area contributed by atoms with Gasteiger partial charge in [0, 0.05) is 21.3 Å². The summed E-state index contributed by atoms with van der Waals surface area (Å²) in [6.45, 7) is 0. The minimum absolute atomic E-state index is 0.492. The highest BCUT2D eigenvalue weighted by molar-refractivity contribution is 7.86. The van der Waals surface area contributed by atoms with Crippen LogP contribution < -0.4 is 0 Å². The van der Waals surface area contributed by atoms with E-state index in [9.17, 15) is 4.21 Å². The maximum absolute atomic E-state index is 11.8. The van der Waals surface area contributed by atoms with Crippen LogP contribution in [0.15, 0.2) is 0 Å². The van der Waals surface area contributed by atoms with E-state index >= 15 is 0 Å². The monoisotopic (exact) mass is 204 g/mol. The topological polar surface area (TPSA) is 17.1 Å². The molecular formula is C9H16OS2. The first-order valence-electron chi connectivity index (χ1n) is 4.81. The van der Waals surface area contributed by atoms with E-state index in [0.717, 1.165) is 11.7 Å². The molecule has 0 radical (unpaired) electrons. The summed E-state index contributed by atoms with van der Waals surface area (Å²) in [6.07, 6.45) is 6.06. The molecule has 2 unspecified atom stereocenters. The molecule has 2 fully saturated rings. The highest BCUT2D eigenvalue weighted by Crippen LogP contribution is 2.37. The van der Waals surface area contributed by atoms with Crippen molar-refractivity contribution in [3.05, 3.63) is 0 Å². The van der Waals surface area contributed by atoms with Crippen molar-refractivity contribution in [1.29, 1.82) is 0 Å². The number of hydrogen-bond donors (Lipinski definition) is 1. The van der Waals surface area contributed by atoms with Gasteiger partial charge in [-0.25, -0.2) is 0 Å². The van der Waals surface area contributed by atoms with Gasteiger partial charge in [-0.05, 0) is 37.4 Å². The molecule has 0 N–H and O–H groups in total. The summed E-state index contributed by atoms with van der Waals surface area (Å²) < 4.78 is 11.8. The lowest BCUT2D eigenvalue weighted by Gasteiger charge is -2.37. The van der Waals surface area contributed by atoms with E-state index < -0.39 is 10.8 Å². The number of hydrogen-bond acceptors (Lipinski definition) is 2. The van der Waals surface area contributed by atoms with Gasteiger partial charge in [-0.1, -0.05) is 6.42 Å².